The van der Waals surface area contributed by atoms with Gasteiger partial charge in [-0.15, -0.1) is 0 Å². The smallest absolute Gasteiger partial charge is 0.133 e. The monoisotopic (exact) mass is 300 g/mol. The van der Waals surface area contributed by atoms with Crippen molar-refractivity contribution in [1.29, 1.82) is 5.26 Å². The fraction of sp³-hybridized carbons (Fsp3) is 0.235. The Balaban J connectivity index is 1.92. The van der Waals surface area contributed by atoms with Crippen molar-refractivity contribution >= 4 is 0 Å². The minimum Gasteiger partial charge on any atom is -0.395 e. The van der Waals surface area contributed by atoms with Crippen LogP contribution in [0.1, 0.15) is 11.5 Å². The zero-order valence-electron chi connectivity index (χ0n) is 11.6. The summed E-state index contributed by atoms with van der Waals surface area (Å²) < 4.78 is 27.6. The van der Waals surface area contributed by atoms with Crippen molar-refractivity contribution in [3.8, 4) is 17.2 Å². The molecule has 2 N–H and O–H groups in total. The van der Waals surface area contributed by atoms with Gasteiger partial charge >= 0.3 is 0 Å². The largest absolute Gasteiger partial charge is 0.395 e. The fourth-order valence-electron chi connectivity index (χ4n) is 2.91. The molecule has 3 atom stereocenters. The van der Waals surface area contributed by atoms with Crippen LogP contribution in [0.4, 0.5) is 8.78 Å². The van der Waals surface area contributed by atoms with Crippen molar-refractivity contribution in [2.24, 2.45) is 0 Å². The van der Waals surface area contributed by atoms with Crippen LogP contribution in [-0.4, -0.2) is 23.8 Å². The molecule has 1 saturated heterocycles. The van der Waals surface area contributed by atoms with Gasteiger partial charge in [0.2, 0.25) is 0 Å². The number of nitrogens with one attached hydrogen (secondary N) is 1. The van der Waals surface area contributed by atoms with Crippen LogP contribution in [-0.2, 0) is 0 Å². The van der Waals surface area contributed by atoms with Crippen molar-refractivity contribution in [2.75, 3.05) is 6.61 Å². The molecule has 2 aromatic rings. The van der Waals surface area contributed by atoms with E-state index in [1.165, 1.54) is 18.2 Å². The van der Waals surface area contributed by atoms with Gasteiger partial charge in [0.25, 0.3) is 0 Å². The minimum absolute atomic E-state index is 0.0590. The van der Waals surface area contributed by atoms with Crippen molar-refractivity contribution in [1.82, 2.24) is 5.32 Å². The van der Waals surface area contributed by atoms with Crippen LogP contribution in [0.3, 0.4) is 0 Å². The Morgan fingerprint density at radius 2 is 1.73 bits per heavy atom. The summed E-state index contributed by atoms with van der Waals surface area (Å²) in [5.74, 6) is -1.34. The van der Waals surface area contributed by atoms with E-state index in [0.29, 0.717) is 5.56 Å². The van der Waals surface area contributed by atoms with Gasteiger partial charge in [-0.05, 0) is 23.3 Å². The van der Waals surface area contributed by atoms with Gasteiger partial charge in [-0.25, -0.2) is 8.78 Å². The average Bonchev–Trinajstić information content (AvgIpc) is 2.48. The van der Waals surface area contributed by atoms with E-state index in [9.17, 15) is 13.9 Å². The summed E-state index contributed by atoms with van der Waals surface area (Å²) in [7, 11) is 0. The second-order valence-corrected chi connectivity index (χ2v) is 5.31. The molecule has 1 aliphatic rings. The van der Waals surface area contributed by atoms with E-state index in [-0.39, 0.29) is 30.2 Å². The first kappa shape index (κ1) is 14.6. The fourth-order valence-corrected chi connectivity index (χ4v) is 2.91. The highest BCUT2D eigenvalue weighted by atomic mass is 19.1. The van der Waals surface area contributed by atoms with Crippen molar-refractivity contribution < 1.29 is 13.9 Å². The van der Waals surface area contributed by atoms with Gasteiger partial charge in [-0.1, -0.05) is 30.3 Å². The summed E-state index contributed by atoms with van der Waals surface area (Å²) >= 11 is 0. The zero-order chi connectivity index (χ0) is 15.7. The Morgan fingerprint density at radius 1 is 1.09 bits per heavy atom. The van der Waals surface area contributed by atoms with E-state index in [1.54, 1.807) is 24.3 Å². The van der Waals surface area contributed by atoms with Gasteiger partial charge < -0.3 is 5.11 Å². The SMILES string of the molecule is N#C[C@@H]1N[C@@H](CO)[C@H]1c1ccc(-c2c(F)cccc2F)cc1. The number of hydrogen-bond acceptors (Lipinski definition) is 3. The average molecular weight is 300 g/mol. The van der Waals surface area contributed by atoms with Gasteiger partial charge in [0.15, 0.2) is 0 Å². The molecular weight excluding hydrogens is 286 g/mol. The van der Waals surface area contributed by atoms with Gasteiger partial charge in [0, 0.05) is 12.0 Å². The molecule has 0 radical (unpaired) electrons. The lowest BCUT2D eigenvalue weighted by Gasteiger charge is -2.41. The highest BCUT2D eigenvalue weighted by molar-refractivity contribution is 5.65. The van der Waals surface area contributed by atoms with Crippen LogP contribution in [0, 0.1) is 23.0 Å². The maximum atomic E-state index is 13.8. The topological polar surface area (TPSA) is 56.0 Å². The van der Waals surface area contributed by atoms with Crippen molar-refractivity contribution in [3.63, 3.8) is 0 Å². The highest BCUT2D eigenvalue weighted by Gasteiger charge is 2.41. The lowest BCUT2D eigenvalue weighted by Crippen LogP contribution is -2.60. The molecule has 1 fully saturated rings. The molecule has 0 aromatic heterocycles. The minimum atomic E-state index is -0.610. The van der Waals surface area contributed by atoms with E-state index in [1.807, 2.05) is 0 Å². The molecule has 0 bridgehead atoms. The number of nitriles is 1. The van der Waals surface area contributed by atoms with E-state index >= 15 is 0 Å². The predicted octanol–water partition coefficient (Wildman–Crippen LogP) is 2.57. The number of nitrogens with zero attached hydrogens (tertiary/aromatic N) is 1. The Labute approximate surface area is 126 Å². The molecule has 22 heavy (non-hydrogen) atoms. The van der Waals surface area contributed by atoms with Gasteiger partial charge in [0.1, 0.15) is 17.7 Å². The van der Waals surface area contributed by atoms with E-state index in [2.05, 4.69) is 11.4 Å². The molecule has 0 aliphatic carbocycles. The van der Waals surface area contributed by atoms with Crippen LogP contribution < -0.4 is 5.32 Å². The molecule has 1 aliphatic heterocycles. The summed E-state index contributed by atoms with van der Waals surface area (Å²) in [6, 6.07) is 12.2. The van der Waals surface area contributed by atoms with Crippen LogP contribution in [0.15, 0.2) is 42.5 Å². The maximum absolute atomic E-state index is 13.8. The normalized spacial score (nSPS) is 23.6. The van der Waals surface area contributed by atoms with Crippen molar-refractivity contribution in [3.05, 3.63) is 59.7 Å². The van der Waals surface area contributed by atoms with Gasteiger partial charge in [0.05, 0.1) is 18.2 Å². The summed E-state index contributed by atoms with van der Waals surface area (Å²) in [5, 5.41) is 21.3. The Bertz CT molecular complexity index is 704. The highest BCUT2D eigenvalue weighted by Crippen LogP contribution is 2.33. The van der Waals surface area contributed by atoms with Crippen LogP contribution >= 0.6 is 0 Å². The zero-order valence-corrected chi connectivity index (χ0v) is 11.6. The molecule has 2 aromatic carbocycles. The maximum Gasteiger partial charge on any atom is 0.133 e. The van der Waals surface area contributed by atoms with E-state index in [4.69, 9.17) is 5.26 Å². The second kappa shape index (κ2) is 5.84. The van der Waals surface area contributed by atoms with Crippen molar-refractivity contribution in [2.45, 2.75) is 18.0 Å². The standard InChI is InChI=1S/C17H14F2N2O/c18-12-2-1-3-13(19)16(12)10-4-6-11(7-5-10)17-14(8-20)21-15(17)9-22/h1-7,14-15,17,21-22H,9H2/t14-,15-,17-/m0/s1. The van der Waals surface area contributed by atoms with E-state index in [0.717, 1.165) is 5.56 Å². The van der Waals surface area contributed by atoms with Crippen LogP contribution in [0.25, 0.3) is 11.1 Å². The quantitative estimate of drug-likeness (QED) is 0.916. The summed E-state index contributed by atoms with van der Waals surface area (Å²) in [5.41, 5.74) is 1.25. The molecular formula is C17H14F2N2O. The number of rotatable bonds is 3. The first-order valence-electron chi connectivity index (χ1n) is 6.96. The van der Waals surface area contributed by atoms with Gasteiger partial charge in [-0.3, -0.25) is 5.32 Å². The van der Waals surface area contributed by atoms with Gasteiger partial charge in [-0.2, -0.15) is 5.26 Å². The second-order valence-electron chi connectivity index (χ2n) is 5.31. The molecule has 5 heteroatoms. The summed E-state index contributed by atoms with van der Waals surface area (Å²) in [6.45, 7) is -0.0630. The predicted molar refractivity (Wildman–Crippen MR) is 77.9 cm³/mol. The number of halogens is 2. The molecule has 0 saturated carbocycles. The number of hydrogen-bond donors (Lipinski definition) is 2. The molecule has 1 heterocycles. The third kappa shape index (κ3) is 2.37. The van der Waals surface area contributed by atoms with Crippen LogP contribution in [0.5, 0.6) is 0 Å². The molecule has 3 nitrogen and oxygen atoms in total. The third-order valence-electron chi connectivity index (χ3n) is 4.07. The Hall–Kier alpha value is -2.29. The lowest BCUT2D eigenvalue weighted by molar-refractivity contribution is 0.151. The lowest BCUT2D eigenvalue weighted by atomic mass is 9.78. The molecule has 112 valence electrons. The number of aliphatic hydroxyl groups excluding tert-OH is 1. The Kier molecular flexibility index (Phi) is 3.88. The molecule has 3 rings (SSSR count). The summed E-state index contributed by atoms with van der Waals surface area (Å²) in [6.07, 6.45) is 0. The number of aliphatic hydroxyl groups is 1. The first-order valence-corrected chi connectivity index (χ1v) is 6.96. The summed E-state index contributed by atoms with van der Waals surface area (Å²) in [4.78, 5) is 0. The number of benzene rings is 2. The van der Waals surface area contributed by atoms with Crippen LogP contribution in [0.2, 0.25) is 0 Å². The first-order chi connectivity index (χ1) is 10.7. The Morgan fingerprint density at radius 3 is 2.27 bits per heavy atom. The third-order valence-corrected chi connectivity index (χ3v) is 4.07. The van der Waals surface area contributed by atoms with E-state index < -0.39 is 11.6 Å². The molecule has 0 spiro atoms. The molecule has 0 amide bonds. The molecule has 0 unspecified atom stereocenters.